The smallest absolute Gasteiger partial charge is 0.223 e. The van der Waals surface area contributed by atoms with E-state index in [0.717, 1.165) is 11.1 Å². The molecule has 136 valence electrons. The first-order valence-corrected chi connectivity index (χ1v) is 8.68. The first-order valence-electron chi connectivity index (χ1n) is 8.68. The molecule has 0 saturated heterocycles. The Kier molecular flexibility index (Phi) is 3.54. The van der Waals surface area contributed by atoms with E-state index in [1.54, 1.807) is 18.2 Å². The topological polar surface area (TPSA) is 72.3 Å². The zero-order valence-electron chi connectivity index (χ0n) is 14.4. The minimum atomic E-state index is -0.442. The van der Waals surface area contributed by atoms with Crippen molar-refractivity contribution in [1.82, 2.24) is 24.5 Å². The van der Waals surface area contributed by atoms with Gasteiger partial charge < -0.3 is 5.73 Å². The number of hydrogen-bond donors (Lipinski definition) is 1. The average molecular weight is 366 g/mol. The number of nitrogens with two attached hydrogens (primary N) is 1. The second-order valence-corrected chi connectivity index (χ2v) is 6.71. The molecule has 0 atom stereocenters. The largest absolute Gasteiger partial charge is 0.368 e. The number of anilines is 1. The predicted molar refractivity (Wildman–Crippen MR) is 96.9 cm³/mol. The SMILES string of the molecule is Nc1nc2c(F)cccc2c2nc(CCN3Cc4cccc(F)c4C3)nn12. The van der Waals surface area contributed by atoms with Gasteiger partial charge in [0.15, 0.2) is 11.5 Å². The fraction of sp³-hybridized carbons (Fsp3) is 0.211. The van der Waals surface area contributed by atoms with Crippen molar-refractivity contribution in [2.75, 3.05) is 12.3 Å². The van der Waals surface area contributed by atoms with Crippen LogP contribution in [-0.2, 0) is 19.5 Å². The molecule has 2 N–H and O–H groups in total. The minimum Gasteiger partial charge on any atom is -0.368 e. The predicted octanol–water partition coefficient (Wildman–Crippen LogP) is 2.70. The van der Waals surface area contributed by atoms with E-state index in [1.165, 1.54) is 16.6 Å². The van der Waals surface area contributed by atoms with Crippen LogP contribution in [0.2, 0.25) is 0 Å². The number of fused-ring (bicyclic) bond motifs is 4. The quantitative estimate of drug-likeness (QED) is 0.604. The number of nitrogens with zero attached hydrogens (tertiary/aromatic N) is 5. The Morgan fingerprint density at radius 3 is 2.67 bits per heavy atom. The van der Waals surface area contributed by atoms with Gasteiger partial charge in [-0.15, -0.1) is 5.10 Å². The molecule has 2 aromatic carbocycles. The fourth-order valence-electron chi connectivity index (χ4n) is 3.63. The van der Waals surface area contributed by atoms with Gasteiger partial charge in [0.1, 0.15) is 17.2 Å². The molecule has 0 bridgehead atoms. The molecule has 4 aromatic rings. The Morgan fingerprint density at radius 1 is 1.00 bits per heavy atom. The van der Waals surface area contributed by atoms with Gasteiger partial charge in [-0.1, -0.05) is 18.2 Å². The van der Waals surface area contributed by atoms with E-state index in [1.807, 2.05) is 6.07 Å². The molecule has 0 spiro atoms. The van der Waals surface area contributed by atoms with Gasteiger partial charge >= 0.3 is 0 Å². The Labute approximate surface area is 153 Å². The van der Waals surface area contributed by atoms with Crippen LogP contribution in [0.25, 0.3) is 16.6 Å². The van der Waals surface area contributed by atoms with Gasteiger partial charge in [0.05, 0.1) is 0 Å². The molecule has 0 fully saturated rings. The first kappa shape index (κ1) is 16.1. The van der Waals surface area contributed by atoms with E-state index in [4.69, 9.17) is 5.73 Å². The van der Waals surface area contributed by atoms with Gasteiger partial charge in [-0.3, -0.25) is 4.90 Å². The number of halogens is 2. The zero-order chi connectivity index (χ0) is 18.5. The molecule has 8 heteroatoms. The lowest BCUT2D eigenvalue weighted by molar-refractivity contribution is 0.284. The normalized spacial score (nSPS) is 14.3. The van der Waals surface area contributed by atoms with Crippen molar-refractivity contribution in [2.45, 2.75) is 19.5 Å². The van der Waals surface area contributed by atoms with Crippen LogP contribution in [0.1, 0.15) is 17.0 Å². The van der Waals surface area contributed by atoms with Gasteiger partial charge in [-0.2, -0.15) is 4.52 Å². The maximum atomic E-state index is 14.0. The summed E-state index contributed by atoms with van der Waals surface area (Å²) in [4.78, 5) is 10.8. The Balaban J connectivity index is 1.42. The third-order valence-corrected chi connectivity index (χ3v) is 4.97. The summed E-state index contributed by atoms with van der Waals surface area (Å²) in [6.07, 6.45) is 0.577. The zero-order valence-corrected chi connectivity index (χ0v) is 14.4. The molecule has 3 heterocycles. The molecule has 0 aliphatic carbocycles. The third kappa shape index (κ3) is 2.60. The summed E-state index contributed by atoms with van der Waals surface area (Å²) in [5, 5.41) is 4.98. The molecule has 0 amide bonds. The van der Waals surface area contributed by atoms with E-state index in [0.29, 0.717) is 42.9 Å². The Morgan fingerprint density at radius 2 is 1.81 bits per heavy atom. The van der Waals surface area contributed by atoms with Gasteiger partial charge in [0.2, 0.25) is 5.95 Å². The van der Waals surface area contributed by atoms with Crippen molar-refractivity contribution in [3.05, 3.63) is 65.0 Å². The molecular formula is C19H16F2N6. The highest BCUT2D eigenvalue weighted by Crippen LogP contribution is 2.25. The summed E-state index contributed by atoms with van der Waals surface area (Å²) in [6.45, 7) is 1.97. The number of para-hydroxylation sites is 1. The van der Waals surface area contributed by atoms with E-state index in [2.05, 4.69) is 20.0 Å². The van der Waals surface area contributed by atoms with Crippen LogP contribution >= 0.6 is 0 Å². The van der Waals surface area contributed by atoms with Crippen LogP contribution in [0.15, 0.2) is 36.4 Å². The lowest BCUT2D eigenvalue weighted by atomic mass is 10.1. The van der Waals surface area contributed by atoms with Crippen molar-refractivity contribution in [2.24, 2.45) is 0 Å². The molecule has 27 heavy (non-hydrogen) atoms. The maximum absolute atomic E-state index is 14.0. The monoisotopic (exact) mass is 366 g/mol. The van der Waals surface area contributed by atoms with Crippen LogP contribution in [0.4, 0.5) is 14.7 Å². The standard InChI is InChI=1S/C19H16F2N6/c20-14-5-1-3-11-9-26(10-13(11)14)8-7-16-23-18-12-4-2-6-15(21)17(12)24-19(22)27(18)25-16/h1-6H,7-10H2,(H2,22,24). The van der Waals surface area contributed by atoms with Crippen LogP contribution in [-0.4, -0.2) is 31.0 Å². The molecule has 1 aliphatic heterocycles. The average Bonchev–Trinajstić information content (AvgIpc) is 3.26. The highest BCUT2D eigenvalue weighted by atomic mass is 19.1. The Bertz CT molecular complexity index is 1190. The third-order valence-electron chi connectivity index (χ3n) is 4.97. The highest BCUT2D eigenvalue weighted by molar-refractivity contribution is 5.92. The first-order chi connectivity index (χ1) is 13.1. The number of benzene rings is 2. The van der Waals surface area contributed by atoms with E-state index >= 15 is 0 Å². The molecular weight excluding hydrogens is 350 g/mol. The highest BCUT2D eigenvalue weighted by Gasteiger charge is 2.22. The van der Waals surface area contributed by atoms with Gasteiger partial charge in [0.25, 0.3) is 0 Å². The molecule has 2 aromatic heterocycles. The van der Waals surface area contributed by atoms with Crippen LogP contribution in [0, 0.1) is 11.6 Å². The second kappa shape index (κ2) is 5.95. The van der Waals surface area contributed by atoms with Gasteiger partial charge in [-0.05, 0) is 23.8 Å². The summed E-state index contributed by atoms with van der Waals surface area (Å²) >= 11 is 0. The molecule has 6 nitrogen and oxygen atoms in total. The number of nitrogen functional groups attached to an aromatic ring is 1. The molecule has 0 saturated carbocycles. The molecule has 5 rings (SSSR count). The van der Waals surface area contributed by atoms with Crippen molar-refractivity contribution >= 4 is 22.5 Å². The lowest BCUT2D eigenvalue weighted by Crippen LogP contribution is -2.20. The van der Waals surface area contributed by atoms with E-state index in [-0.39, 0.29) is 17.3 Å². The van der Waals surface area contributed by atoms with E-state index < -0.39 is 5.82 Å². The summed E-state index contributed by atoms with van der Waals surface area (Å²) in [6, 6.07) is 9.88. The van der Waals surface area contributed by atoms with Crippen molar-refractivity contribution in [3.8, 4) is 0 Å². The molecule has 1 aliphatic rings. The van der Waals surface area contributed by atoms with Crippen molar-refractivity contribution in [1.29, 1.82) is 0 Å². The number of hydrogen-bond acceptors (Lipinski definition) is 5. The number of rotatable bonds is 3. The van der Waals surface area contributed by atoms with Crippen molar-refractivity contribution < 1.29 is 8.78 Å². The summed E-state index contributed by atoms with van der Waals surface area (Å²) in [5.74, 6) is 0.0880. The summed E-state index contributed by atoms with van der Waals surface area (Å²) in [7, 11) is 0. The second-order valence-electron chi connectivity index (χ2n) is 6.71. The fourth-order valence-corrected chi connectivity index (χ4v) is 3.63. The number of aromatic nitrogens is 4. The van der Waals surface area contributed by atoms with Crippen molar-refractivity contribution in [3.63, 3.8) is 0 Å². The van der Waals surface area contributed by atoms with Crippen LogP contribution in [0.3, 0.4) is 0 Å². The van der Waals surface area contributed by atoms with E-state index in [9.17, 15) is 8.78 Å². The summed E-state index contributed by atoms with van der Waals surface area (Å²) < 4.78 is 29.3. The van der Waals surface area contributed by atoms with Crippen LogP contribution < -0.4 is 5.73 Å². The van der Waals surface area contributed by atoms with Gasteiger partial charge in [-0.25, -0.2) is 18.7 Å². The molecule has 0 unspecified atom stereocenters. The van der Waals surface area contributed by atoms with Gasteiger partial charge in [0, 0.05) is 37.0 Å². The Hall–Kier alpha value is -3.13. The summed E-state index contributed by atoms with van der Waals surface area (Å²) in [5.41, 5.74) is 8.38. The molecule has 0 radical (unpaired) electrons. The lowest BCUT2D eigenvalue weighted by Gasteiger charge is -2.12. The van der Waals surface area contributed by atoms with Crippen LogP contribution in [0.5, 0.6) is 0 Å². The minimum absolute atomic E-state index is 0.0944. The maximum Gasteiger partial charge on any atom is 0.223 e.